The number of carbonyl (C=O) groups excluding carboxylic acids is 1. The van der Waals surface area contributed by atoms with Crippen molar-refractivity contribution in [2.75, 3.05) is 20.6 Å². The van der Waals surface area contributed by atoms with Gasteiger partial charge >= 0.3 is 0 Å². The van der Waals surface area contributed by atoms with Crippen molar-refractivity contribution in [3.8, 4) is 0 Å². The Hall–Kier alpha value is -0.570. The summed E-state index contributed by atoms with van der Waals surface area (Å²) in [6, 6.07) is 0.701. The second-order valence-corrected chi connectivity index (χ2v) is 5.47. The summed E-state index contributed by atoms with van der Waals surface area (Å²) in [7, 11) is 3.64. The Morgan fingerprint density at radius 2 is 1.88 bits per heavy atom. The first-order valence-electron chi connectivity index (χ1n) is 7.07. The number of carbonyl (C=O) groups is 1. The van der Waals surface area contributed by atoms with E-state index in [4.69, 9.17) is 0 Å². The maximum Gasteiger partial charge on any atom is 0.222 e. The molecule has 0 saturated heterocycles. The van der Waals surface area contributed by atoms with E-state index in [0.29, 0.717) is 12.5 Å². The van der Waals surface area contributed by atoms with E-state index in [1.165, 1.54) is 32.1 Å². The van der Waals surface area contributed by atoms with Crippen molar-refractivity contribution in [1.29, 1.82) is 0 Å². The monoisotopic (exact) mass is 240 g/mol. The molecule has 17 heavy (non-hydrogen) atoms. The number of hydrogen-bond donors (Lipinski definition) is 1. The van der Waals surface area contributed by atoms with Gasteiger partial charge in [-0.05, 0) is 44.6 Å². The molecule has 3 heteroatoms. The highest BCUT2D eigenvalue weighted by Crippen LogP contribution is 2.26. The zero-order valence-corrected chi connectivity index (χ0v) is 11.7. The summed E-state index contributed by atoms with van der Waals surface area (Å²) in [5.74, 6) is 1.20. The standard InChI is InChI=1S/C14H28N2O/c1-4-12-7-9-13(10-8-12)15-11-5-6-14(17)16(2)3/h12-13,15H,4-11H2,1-3H3. The van der Waals surface area contributed by atoms with Crippen molar-refractivity contribution in [3.63, 3.8) is 0 Å². The second-order valence-electron chi connectivity index (χ2n) is 5.47. The van der Waals surface area contributed by atoms with Crippen LogP contribution in [0.5, 0.6) is 0 Å². The normalized spacial score (nSPS) is 24.6. The van der Waals surface area contributed by atoms with E-state index in [1.54, 1.807) is 4.90 Å². The van der Waals surface area contributed by atoms with Crippen molar-refractivity contribution < 1.29 is 4.79 Å². The van der Waals surface area contributed by atoms with E-state index in [2.05, 4.69) is 12.2 Å². The average molecular weight is 240 g/mol. The van der Waals surface area contributed by atoms with Gasteiger partial charge in [0.15, 0.2) is 0 Å². The molecule has 1 saturated carbocycles. The van der Waals surface area contributed by atoms with Gasteiger partial charge in [0.25, 0.3) is 0 Å². The first-order chi connectivity index (χ1) is 8.13. The molecule has 100 valence electrons. The first kappa shape index (κ1) is 14.5. The van der Waals surface area contributed by atoms with Crippen LogP contribution >= 0.6 is 0 Å². The van der Waals surface area contributed by atoms with E-state index in [9.17, 15) is 4.79 Å². The lowest BCUT2D eigenvalue weighted by Crippen LogP contribution is -2.34. The lowest BCUT2D eigenvalue weighted by atomic mass is 9.84. The molecule has 3 nitrogen and oxygen atoms in total. The van der Waals surface area contributed by atoms with Gasteiger partial charge in [0.05, 0.1) is 0 Å². The zero-order chi connectivity index (χ0) is 12.7. The van der Waals surface area contributed by atoms with Crippen LogP contribution in [0.4, 0.5) is 0 Å². The molecule has 0 aromatic rings. The topological polar surface area (TPSA) is 32.3 Å². The fraction of sp³-hybridized carbons (Fsp3) is 0.929. The highest BCUT2D eigenvalue weighted by atomic mass is 16.2. The predicted molar refractivity (Wildman–Crippen MR) is 72.0 cm³/mol. The van der Waals surface area contributed by atoms with Gasteiger partial charge in [0.2, 0.25) is 5.91 Å². The van der Waals surface area contributed by atoms with Crippen LogP contribution in [-0.4, -0.2) is 37.5 Å². The number of nitrogens with zero attached hydrogens (tertiary/aromatic N) is 1. The highest BCUT2D eigenvalue weighted by Gasteiger charge is 2.19. The lowest BCUT2D eigenvalue weighted by molar-refractivity contribution is -0.128. The quantitative estimate of drug-likeness (QED) is 0.723. The van der Waals surface area contributed by atoms with Crippen LogP contribution in [0.15, 0.2) is 0 Å². The molecule has 1 fully saturated rings. The summed E-state index contributed by atoms with van der Waals surface area (Å²) in [6.07, 6.45) is 8.37. The SMILES string of the molecule is CCC1CCC(NCCCC(=O)N(C)C)CC1. The van der Waals surface area contributed by atoms with Gasteiger partial charge in [-0.2, -0.15) is 0 Å². The van der Waals surface area contributed by atoms with Gasteiger partial charge in [-0.15, -0.1) is 0 Å². The fourth-order valence-electron chi connectivity index (χ4n) is 2.54. The van der Waals surface area contributed by atoms with Crippen molar-refractivity contribution in [1.82, 2.24) is 10.2 Å². The largest absolute Gasteiger partial charge is 0.349 e. The third kappa shape index (κ3) is 5.53. The van der Waals surface area contributed by atoms with Gasteiger partial charge in [0.1, 0.15) is 0 Å². The summed E-state index contributed by atoms with van der Waals surface area (Å²) in [6.45, 7) is 3.28. The van der Waals surface area contributed by atoms with Crippen molar-refractivity contribution in [2.45, 2.75) is 57.9 Å². The van der Waals surface area contributed by atoms with E-state index in [0.717, 1.165) is 18.9 Å². The minimum absolute atomic E-state index is 0.237. The summed E-state index contributed by atoms with van der Waals surface area (Å²) >= 11 is 0. The third-order valence-corrected chi connectivity index (χ3v) is 3.92. The van der Waals surface area contributed by atoms with Crippen LogP contribution in [0, 0.1) is 5.92 Å². The molecule has 0 spiro atoms. The Morgan fingerprint density at radius 1 is 1.24 bits per heavy atom. The smallest absolute Gasteiger partial charge is 0.222 e. The van der Waals surface area contributed by atoms with Crippen molar-refractivity contribution in [3.05, 3.63) is 0 Å². The van der Waals surface area contributed by atoms with Gasteiger partial charge in [-0.1, -0.05) is 13.3 Å². The third-order valence-electron chi connectivity index (χ3n) is 3.92. The van der Waals surface area contributed by atoms with Crippen LogP contribution in [0.25, 0.3) is 0 Å². The first-order valence-corrected chi connectivity index (χ1v) is 7.07. The molecule has 1 N–H and O–H groups in total. The van der Waals surface area contributed by atoms with Crippen molar-refractivity contribution in [2.24, 2.45) is 5.92 Å². The molecule has 1 aliphatic carbocycles. The minimum atomic E-state index is 0.237. The molecular formula is C14H28N2O. The Bertz CT molecular complexity index is 220. The Kier molecular flexibility index (Phi) is 6.56. The molecule has 0 aromatic heterocycles. The summed E-state index contributed by atoms with van der Waals surface area (Å²) in [5, 5.41) is 3.59. The molecule has 0 atom stereocenters. The molecule has 0 unspecified atom stereocenters. The van der Waals surface area contributed by atoms with Crippen LogP contribution in [0.3, 0.4) is 0 Å². The van der Waals surface area contributed by atoms with Gasteiger partial charge < -0.3 is 10.2 Å². The molecule has 1 aliphatic rings. The number of amides is 1. The lowest BCUT2D eigenvalue weighted by Gasteiger charge is -2.28. The summed E-state index contributed by atoms with van der Waals surface area (Å²) in [5.41, 5.74) is 0. The van der Waals surface area contributed by atoms with E-state index < -0.39 is 0 Å². The molecule has 0 radical (unpaired) electrons. The second kappa shape index (κ2) is 7.70. The van der Waals surface area contributed by atoms with E-state index >= 15 is 0 Å². The van der Waals surface area contributed by atoms with Crippen LogP contribution < -0.4 is 5.32 Å². The molecular weight excluding hydrogens is 212 g/mol. The van der Waals surface area contributed by atoms with Crippen LogP contribution in [-0.2, 0) is 4.79 Å². The Morgan fingerprint density at radius 3 is 2.41 bits per heavy atom. The predicted octanol–water partition coefficient (Wildman–Crippen LogP) is 2.41. The van der Waals surface area contributed by atoms with Gasteiger partial charge in [-0.25, -0.2) is 0 Å². The Labute approximate surface area is 106 Å². The van der Waals surface area contributed by atoms with Crippen LogP contribution in [0.1, 0.15) is 51.9 Å². The molecule has 1 amide bonds. The number of nitrogens with one attached hydrogen (secondary N) is 1. The maximum absolute atomic E-state index is 11.4. The molecule has 0 aliphatic heterocycles. The van der Waals surface area contributed by atoms with Gasteiger partial charge in [0, 0.05) is 26.6 Å². The molecule has 0 heterocycles. The molecule has 0 aromatic carbocycles. The van der Waals surface area contributed by atoms with E-state index in [1.807, 2.05) is 14.1 Å². The zero-order valence-electron chi connectivity index (χ0n) is 11.7. The van der Waals surface area contributed by atoms with E-state index in [-0.39, 0.29) is 5.91 Å². The fourth-order valence-corrected chi connectivity index (χ4v) is 2.54. The molecule has 1 rings (SSSR count). The highest BCUT2D eigenvalue weighted by molar-refractivity contribution is 5.75. The number of hydrogen-bond acceptors (Lipinski definition) is 2. The summed E-state index contributed by atoms with van der Waals surface area (Å²) < 4.78 is 0. The number of rotatable bonds is 6. The van der Waals surface area contributed by atoms with Gasteiger partial charge in [-0.3, -0.25) is 4.79 Å². The minimum Gasteiger partial charge on any atom is -0.349 e. The maximum atomic E-state index is 11.4. The molecule has 0 bridgehead atoms. The van der Waals surface area contributed by atoms with Crippen molar-refractivity contribution >= 4 is 5.91 Å². The Balaban J connectivity index is 2.02. The summed E-state index contributed by atoms with van der Waals surface area (Å²) in [4.78, 5) is 13.0. The average Bonchev–Trinajstić information content (AvgIpc) is 2.35. The van der Waals surface area contributed by atoms with Crippen LogP contribution in [0.2, 0.25) is 0 Å².